The molecular weight excluding hydrogens is 238 g/mol. The summed E-state index contributed by atoms with van der Waals surface area (Å²) in [7, 11) is -3.33. The molecule has 0 amide bonds. The zero-order valence-electron chi connectivity index (χ0n) is 10.3. The number of nitrogens with two attached hydrogens (primary N) is 1. The highest BCUT2D eigenvalue weighted by atomic mass is 32.2. The van der Waals surface area contributed by atoms with Gasteiger partial charge in [0.25, 0.3) is 10.2 Å². The summed E-state index contributed by atoms with van der Waals surface area (Å²) >= 11 is 0. The number of hydrogen-bond donors (Lipinski definition) is 2. The first-order valence-corrected chi connectivity index (χ1v) is 8.01. The quantitative estimate of drug-likeness (QED) is 0.777. The van der Waals surface area contributed by atoms with Gasteiger partial charge in [0.1, 0.15) is 0 Å². The van der Waals surface area contributed by atoms with E-state index in [1.165, 1.54) is 6.42 Å². The lowest BCUT2D eigenvalue weighted by Gasteiger charge is -2.37. The fourth-order valence-electron chi connectivity index (χ4n) is 2.84. The van der Waals surface area contributed by atoms with E-state index in [0.717, 1.165) is 38.5 Å². The standard InChI is InChI=1S/C11H23N3O2S/c12-10-11(6-2-1-3-7-11)13-17(15,16)14-8-4-5-9-14/h13H,1-10,12H2. The molecule has 5 nitrogen and oxygen atoms in total. The van der Waals surface area contributed by atoms with Crippen molar-refractivity contribution in [2.75, 3.05) is 19.6 Å². The molecular formula is C11H23N3O2S. The minimum absolute atomic E-state index is 0.389. The van der Waals surface area contributed by atoms with E-state index >= 15 is 0 Å². The molecule has 2 rings (SSSR count). The molecule has 1 heterocycles. The largest absolute Gasteiger partial charge is 0.329 e. The van der Waals surface area contributed by atoms with Crippen molar-refractivity contribution in [1.82, 2.24) is 9.03 Å². The SMILES string of the molecule is NCC1(NS(=O)(=O)N2CCCC2)CCCCC1. The lowest BCUT2D eigenvalue weighted by molar-refractivity contribution is 0.270. The summed E-state index contributed by atoms with van der Waals surface area (Å²) in [6.45, 7) is 1.70. The van der Waals surface area contributed by atoms with Crippen LogP contribution in [0.15, 0.2) is 0 Å². The molecule has 100 valence electrons. The summed E-state index contributed by atoms with van der Waals surface area (Å²) in [5.74, 6) is 0. The monoisotopic (exact) mass is 261 g/mol. The fourth-order valence-corrected chi connectivity index (χ4v) is 4.55. The average Bonchev–Trinajstić information content (AvgIpc) is 2.84. The van der Waals surface area contributed by atoms with Gasteiger partial charge in [-0.05, 0) is 25.7 Å². The zero-order chi connectivity index (χ0) is 12.4. The van der Waals surface area contributed by atoms with E-state index in [-0.39, 0.29) is 5.54 Å². The van der Waals surface area contributed by atoms with Crippen LogP contribution in [-0.4, -0.2) is 37.9 Å². The Morgan fingerprint density at radius 1 is 1.06 bits per heavy atom. The van der Waals surface area contributed by atoms with E-state index in [1.54, 1.807) is 4.31 Å². The summed E-state index contributed by atoms with van der Waals surface area (Å²) < 4.78 is 28.9. The van der Waals surface area contributed by atoms with Gasteiger partial charge < -0.3 is 5.73 Å². The number of rotatable bonds is 4. The van der Waals surface area contributed by atoms with Crippen LogP contribution in [0.5, 0.6) is 0 Å². The highest BCUT2D eigenvalue weighted by Gasteiger charge is 2.37. The molecule has 0 spiro atoms. The van der Waals surface area contributed by atoms with Gasteiger partial charge in [0.05, 0.1) is 0 Å². The van der Waals surface area contributed by atoms with Crippen molar-refractivity contribution in [3.8, 4) is 0 Å². The maximum absolute atomic E-state index is 12.2. The maximum Gasteiger partial charge on any atom is 0.279 e. The van der Waals surface area contributed by atoms with Crippen molar-refractivity contribution < 1.29 is 8.42 Å². The summed E-state index contributed by atoms with van der Waals surface area (Å²) in [5, 5.41) is 0. The normalized spacial score (nSPS) is 26.2. The molecule has 6 heteroatoms. The second kappa shape index (κ2) is 5.22. The topological polar surface area (TPSA) is 75.4 Å². The lowest BCUT2D eigenvalue weighted by Crippen LogP contribution is -2.57. The van der Waals surface area contributed by atoms with Crippen LogP contribution in [0.25, 0.3) is 0 Å². The number of nitrogens with one attached hydrogen (secondary N) is 1. The molecule has 0 radical (unpaired) electrons. The summed E-state index contributed by atoms with van der Waals surface area (Å²) in [6, 6.07) is 0. The zero-order valence-corrected chi connectivity index (χ0v) is 11.1. The van der Waals surface area contributed by atoms with E-state index in [0.29, 0.717) is 19.6 Å². The van der Waals surface area contributed by atoms with Gasteiger partial charge in [-0.3, -0.25) is 0 Å². The highest BCUT2D eigenvalue weighted by molar-refractivity contribution is 7.87. The van der Waals surface area contributed by atoms with Gasteiger partial charge in [0, 0.05) is 25.2 Å². The molecule has 0 aromatic carbocycles. The Labute approximate surface area is 104 Å². The van der Waals surface area contributed by atoms with E-state index in [2.05, 4.69) is 4.72 Å². The highest BCUT2D eigenvalue weighted by Crippen LogP contribution is 2.28. The minimum atomic E-state index is -3.33. The van der Waals surface area contributed by atoms with Gasteiger partial charge >= 0.3 is 0 Å². The first-order chi connectivity index (χ1) is 8.08. The second-order valence-electron chi connectivity index (χ2n) is 5.26. The maximum atomic E-state index is 12.2. The van der Waals surface area contributed by atoms with Crippen LogP contribution >= 0.6 is 0 Å². The van der Waals surface area contributed by atoms with E-state index < -0.39 is 10.2 Å². The van der Waals surface area contributed by atoms with Gasteiger partial charge in [0.15, 0.2) is 0 Å². The van der Waals surface area contributed by atoms with Crippen LogP contribution < -0.4 is 10.5 Å². The predicted molar refractivity (Wildman–Crippen MR) is 67.7 cm³/mol. The van der Waals surface area contributed by atoms with Crippen LogP contribution in [0.2, 0.25) is 0 Å². The molecule has 0 atom stereocenters. The summed E-state index contributed by atoms with van der Waals surface area (Å²) in [5.41, 5.74) is 5.41. The van der Waals surface area contributed by atoms with Crippen molar-refractivity contribution in [2.24, 2.45) is 5.73 Å². The number of hydrogen-bond acceptors (Lipinski definition) is 3. The molecule has 0 bridgehead atoms. The molecule has 1 saturated heterocycles. The third-order valence-electron chi connectivity index (χ3n) is 3.95. The smallest absolute Gasteiger partial charge is 0.279 e. The molecule has 0 aromatic rings. The third kappa shape index (κ3) is 2.99. The van der Waals surface area contributed by atoms with E-state index in [4.69, 9.17) is 5.73 Å². The lowest BCUT2D eigenvalue weighted by atomic mass is 9.83. The van der Waals surface area contributed by atoms with Gasteiger partial charge in [-0.1, -0.05) is 19.3 Å². The Kier molecular flexibility index (Phi) is 4.07. The molecule has 2 fully saturated rings. The van der Waals surface area contributed by atoms with Crippen molar-refractivity contribution in [3.05, 3.63) is 0 Å². The van der Waals surface area contributed by atoms with Crippen LogP contribution in [0.4, 0.5) is 0 Å². The average molecular weight is 261 g/mol. The van der Waals surface area contributed by atoms with Crippen molar-refractivity contribution in [2.45, 2.75) is 50.5 Å². The van der Waals surface area contributed by atoms with Crippen LogP contribution in [-0.2, 0) is 10.2 Å². The fraction of sp³-hybridized carbons (Fsp3) is 1.00. The predicted octanol–water partition coefficient (Wildman–Crippen LogP) is 0.578. The van der Waals surface area contributed by atoms with E-state index in [1.807, 2.05) is 0 Å². The van der Waals surface area contributed by atoms with Gasteiger partial charge in [-0.15, -0.1) is 0 Å². The minimum Gasteiger partial charge on any atom is -0.329 e. The Hall–Kier alpha value is -0.170. The molecule has 2 aliphatic rings. The first-order valence-electron chi connectivity index (χ1n) is 6.57. The van der Waals surface area contributed by atoms with Crippen LogP contribution in [0.3, 0.4) is 0 Å². The van der Waals surface area contributed by atoms with Crippen molar-refractivity contribution in [1.29, 1.82) is 0 Å². The molecule has 17 heavy (non-hydrogen) atoms. The number of nitrogens with zero attached hydrogens (tertiary/aromatic N) is 1. The van der Waals surface area contributed by atoms with Crippen molar-refractivity contribution in [3.63, 3.8) is 0 Å². The van der Waals surface area contributed by atoms with Gasteiger partial charge in [0.2, 0.25) is 0 Å². The third-order valence-corrected chi connectivity index (χ3v) is 5.69. The summed E-state index contributed by atoms with van der Waals surface area (Å²) in [4.78, 5) is 0. The molecule has 1 saturated carbocycles. The van der Waals surface area contributed by atoms with E-state index in [9.17, 15) is 8.42 Å². The van der Waals surface area contributed by atoms with Gasteiger partial charge in [-0.2, -0.15) is 17.4 Å². The Balaban J connectivity index is 2.06. The molecule has 0 aromatic heterocycles. The second-order valence-corrected chi connectivity index (χ2v) is 6.93. The Bertz CT molecular complexity index is 344. The Morgan fingerprint density at radius 2 is 1.65 bits per heavy atom. The van der Waals surface area contributed by atoms with Gasteiger partial charge in [-0.25, -0.2) is 0 Å². The Morgan fingerprint density at radius 3 is 2.18 bits per heavy atom. The van der Waals surface area contributed by atoms with Crippen LogP contribution in [0.1, 0.15) is 44.9 Å². The van der Waals surface area contributed by atoms with Crippen LogP contribution in [0, 0.1) is 0 Å². The molecule has 1 aliphatic heterocycles. The summed E-state index contributed by atoms with van der Waals surface area (Å²) in [6.07, 6.45) is 7.01. The molecule has 1 aliphatic carbocycles. The molecule has 3 N–H and O–H groups in total. The first kappa shape index (κ1) is 13.3. The van der Waals surface area contributed by atoms with Crippen molar-refractivity contribution >= 4 is 10.2 Å². The molecule has 0 unspecified atom stereocenters.